The molecule has 0 radical (unpaired) electrons. The predicted octanol–water partition coefficient (Wildman–Crippen LogP) is 2.42. The van der Waals surface area contributed by atoms with Gasteiger partial charge in [-0.1, -0.05) is 18.7 Å². The number of hydrogen-bond donors (Lipinski definition) is 1. The molecule has 1 aromatic rings. The molecule has 0 bridgehead atoms. The second-order valence-corrected chi connectivity index (χ2v) is 5.12. The fourth-order valence-electron chi connectivity index (χ4n) is 1.08. The van der Waals surface area contributed by atoms with Crippen LogP contribution in [0.25, 0.3) is 0 Å². The van der Waals surface area contributed by atoms with E-state index in [9.17, 15) is 13.2 Å². The molecular weight excluding hydrogens is 251 g/mol. The molecule has 7 heteroatoms. The van der Waals surface area contributed by atoms with E-state index >= 15 is 0 Å². The molecule has 1 unspecified atom stereocenters. The van der Waals surface area contributed by atoms with E-state index in [0.29, 0.717) is 5.16 Å². The predicted molar refractivity (Wildman–Crippen MR) is 61.0 cm³/mol. The summed E-state index contributed by atoms with van der Waals surface area (Å²) in [4.78, 5) is 8.15. The summed E-state index contributed by atoms with van der Waals surface area (Å²) in [5, 5.41) is 2.92. The molecule has 3 nitrogen and oxygen atoms in total. The van der Waals surface area contributed by atoms with Gasteiger partial charge in [-0.25, -0.2) is 9.97 Å². The molecule has 1 N–H and O–H groups in total. The normalized spacial score (nSPS) is 13.7. The van der Waals surface area contributed by atoms with Crippen molar-refractivity contribution >= 4 is 11.8 Å². The first kappa shape index (κ1) is 14.2. The average molecular weight is 265 g/mol. The zero-order chi connectivity index (χ0) is 12.9. The zero-order valence-electron chi connectivity index (χ0n) is 9.58. The number of aromatic nitrogens is 2. The third-order valence-corrected chi connectivity index (χ3v) is 2.81. The molecule has 1 atom stereocenters. The van der Waals surface area contributed by atoms with E-state index in [1.165, 1.54) is 11.8 Å². The van der Waals surface area contributed by atoms with Crippen LogP contribution in [0, 0.1) is 6.92 Å². The van der Waals surface area contributed by atoms with Crippen molar-refractivity contribution < 1.29 is 13.2 Å². The molecule has 0 aromatic carbocycles. The van der Waals surface area contributed by atoms with Crippen molar-refractivity contribution in [2.75, 3.05) is 13.1 Å². The highest BCUT2D eigenvalue weighted by Crippen LogP contribution is 2.18. The molecule has 0 aliphatic heterocycles. The number of alkyl halides is 3. The lowest BCUT2D eigenvalue weighted by atomic mass is 10.4. The van der Waals surface area contributed by atoms with Gasteiger partial charge in [-0.3, -0.25) is 0 Å². The summed E-state index contributed by atoms with van der Waals surface area (Å²) < 4.78 is 35.7. The topological polar surface area (TPSA) is 37.8 Å². The van der Waals surface area contributed by atoms with Crippen molar-refractivity contribution in [3.05, 3.63) is 18.0 Å². The summed E-state index contributed by atoms with van der Waals surface area (Å²) in [6, 6.07) is 0. The number of halogens is 3. The maximum Gasteiger partial charge on any atom is 0.401 e. The van der Waals surface area contributed by atoms with Crippen molar-refractivity contribution in [1.29, 1.82) is 0 Å². The lowest BCUT2D eigenvalue weighted by Gasteiger charge is -2.12. The Hall–Kier alpha value is -0.820. The molecule has 96 valence electrons. The fourth-order valence-corrected chi connectivity index (χ4v) is 1.87. The minimum absolute atomic E-state index is 0.0138. The largest absolute Gasteiger partial charge is 0.401 e. The summed E-state index contributed by atoms with van der Waals surface area (Å²) in [6.07, 6.45) is -0.791. The Morgan fingerprint density at radius 1 is 1.35 bits per heavy atom. The molecule has 0 spiro atoms. The van der Waals surface area contributed by atoms with Gasteiger partial charge in [0.05, 0.1) is 6.54 Å². The fraction of sp³-hybridized carbons (Fsp3) is 0.600. The summed E-state index contributed by atoms with van der Waals surface area (Å²) in [6.45, 7) is 3.01. The van der Waals surface area contributed by atoms with Gasteiger partial charge in [-0.15, -0.1) is 0 Å². The van der Waals surface area contributed by atoms with Crippen LogP contribution in [0.1, 0.15) is 12.5 Å². The first-order valence-electron chi connectivity index (χ1n) is 5.09. The monoisotopic (exact) mass is 265 g/mol. The molecular formula is C10H14F3N3S. The minimum atomic E-state index is -4.16. The van der Waals surface area contributed by atoms with Gasteiger partial charge < -0.3 is 5.32 Å². The molecule has 0 aliphatic carbocycles. The maximum atomic E-state index is 11.9. The molecule has 1 heterocycles. The van der Waals surface area contributed by atoms with Crippen molar-refractivity contribution in [3.8, 4) is 0 Å². The van der Waals surface area contributed by atoms with Gasteiger partial charge in [-0.2, -0.15) is 13.2 Å². The van der Waals surface area contributed by atoms with Crippen LogP contribution in [0.15, 0.2) is 17.6 Å². The Balaban J connectivity index is 2.30. The van der Waals surface area contributed by atoms with E-state index in [1.807, 2.05) is 13.8 Å². The Kier molecular flexibility index (Phi) is 5.20. The highest BCUT2D eigenvalue weighted by molar-refractivity contribution is 7.99. The van der Waals surface area contributed by atoms with E-state index < -0.39 is 12.7 Å². The Labute approximate surface area is 102 Å². The first-order valence-corrected chi connectivity index (χ1v) is 5.97. The van der Waals surface area contributed by atoms with Crippen LogP contribution in [-0.2, 0) is 0 Å². The van der Waals surface area contributed by atoms with Crippen LogP contribution in [0.5, 0.6) is 0 Å². The quantitative estimate of drug-likeness (QED) is 0.655. The second kappa shape index (κ2) is 6.20. The van der Waals surface area contributed by atoms with Crippen LogP contribution >= 0.6 is 11.8 Å². The van der Waals surface area contributed by atoms with Crippen LogP contribution in [-0.4, -0.2) is 34.5 Å². The van der Waals surface area contributed by atoms with E-state index in [0.717, 1.165) is 5.56 Å². The van der Waals surface area contributed by atoms with Crippen molar-refractivity contribution in [2.24, 2.45) is 0 Å². The van der Waals surface area contributed by atoms with Crippen LogP contribution in [0.4, 0.5) is 13.2 Å². The molecule has 1 rings (SSSR count). The van der Waals surface area contributed by atoms with Crippen LogP contribution in [0.2, 0.25) is 0 Å². The van der Waals surface area contributed by atoms with E-state index in [1.54, 1.807) is 12.4 Å². The smallest absolute Gasteiger partial charge is 0.308 e. The van der Waals surface area contributed by atoms with Gasteiger partial charge in [0.1, 0.15) is 0 Å². The lowest BCUT2D eigenvalue weighted by molar-refractivity contribution is -0.124. The van der Waals surface area contributed by atoms with Crippen molar-refractivity contribution in [2.45, 2.75) is 30.4 Å². The average Bonchev–Trinajstić information content (AvgIpc) is 2.19. The van der Waals surface area contributed by atoms with E-state index in [-0.39, 0.29) is 11.8 Å². The van der Waals surface area contributed by atoms with Gasteiger partial charge in [0.15, 0.2) is 5.16 Å². The highest BCUT2D eigenvalue weighted by atomic mass is 32.2. The third kappa shape index (κ3) is 6.48. The third-order valence-electron chi connectivity index (χ3n) is 1.82. The van der Waals surface area contributed by atoms with Crippen molar-refractivity contribution in [1.82, 2.24) is 15.3 Å². The van der Waals surface area contributed by atoms with Gasteiger partial charge in [-0.05, 0) is 12.5 Å². The van der Waals surface area contributed by atoms with Crippen molar-refractivity contribution in [3.63, 3.8) is 0 Å². The van der Waals surface area contributed by atoms with Gasteiger partial charge in [0.2, 0.25) is 0 Å². The van der Waals surface area contributed by atoms with Crippen LogP contribution in [0.3, 0.4) is 0 Å². The summed E-state index contributed by atoms with van der Waals surface area (Å²) in [7, 11) is 0. The second-order valence-electron chi connectivity index (χ2n) is 3.72. The molecule has 0 saturated carbocycles. The molecule has 1 aromatic heterocycles. The number of rotatable bonds is 5. The first-order chi connectivity index (χ1) is 7.87. The number of aryl methyl sites for hydroxylation is 1. The van der Waals surface area contributed by atoms with E-state index in [4.69, 9.17) is 0 Å². The molecule has 0 aliphatic rings. The standard InChI is InChI=1S/C10H14F3N3S/c1-7-3-15-9(16-4-7)17-8(2)5-14-6-10(11,12)13/h3-4,8,14H,5-6H2,1-2H3. The SMILES string of the molecule is Cc1cnc(SC(C)CNCC(F)(F)F)nc1. The Bertz CT molecular complexity index is 340. The van der Waals surface area contributed by atoms with Gasteiger partial charge >= 0.3 is 6.18 Å². The van der Waals surface area contributed by atoms with Gasteiger partial charge in [0, 0.05) is 24.2 Å². The number of nitrogens with one attached hydrogen (secondary N) is 1. The van der Waals surface area contributed by atoms with E-state index in [2.05, 4.69) is 15.3 Å². The summed E-state index contributed by atoms with van der Waals surface area (Å²) in [5.74, 6) is 0. The number of thioether (sulfide) groups is 1. The molecule has 0 saturated heterocycles. The van der Waals surface area contributed by atoms with Gasteiger partial charge in [0.25, 0.3) is 0 Å². The Morgan fingerprint density at radius 3 is 2.47 bits per heavy atom. The lowest BCUT2D eigenvalue weighted by Crippen LogP contribution is -2.32. The maximum absolute atomic E-state index is 11.9. The Morgan fingerprint density at radius 2 is 1.94 bits per heavy atom. The highest BCUT2D eigenvalue weighted by Gasteiger charge is 2.26. The molecule has 0 amide bonds. The molecule has 0 fully saturated rings. The summed E-state index contributed by atoms with van der Waals surface area (Å²) >= 11 is 1.35. The molecule has 17 heavy (non-hydrogen) atoms. The summed E-state index contributed by atoms with van der Waals surface area (Å²) in [5.41, 5.74) is 0.956. The van der Waals surface area contributed by atoms with Crippen LogP contribution < -0.4 is 5.32 Å². The minimum Gasteiger partial charge on any atom is -0.308 e. The zero-order valence-corrected chi connectivity index (χ0v) is 10.4. The number of hydrogen-bond acceptors (Lipinski definition) is 4. The number of nitrogens with zero attached hydrogens (tertiary/aromatic N) is 2.